The number of benzene rings is 1. The van der Waals surface area contributed by atoms with Crippen LogP contribution in [0.3, 0.4) is 0 Å². The van der Waals surface area contributed by atoms with Crippen LogP contribution in [0.15, 0.2) is 24.3 Å². The average molecular weight is 276 g/mol. The van der Waals surface area contributed by atoms with E-state index in [1.807, 2.05) is 6.92 Å². The number of carbonyl (C=O) groups is 1. The number of esters is 1. The van der Waals surface area contributed by atoms with Gasteiger partial charge in [0.15, 0.2) is 0 Å². The third-order valence-corrected chi connectivity index (χ3v) is 3.74. The smallest absolute Gasteiger partial charge is 0.320 e. The van der Waals surface area contributed by atoms with E-state index in [9.17, 15) is 4.79 Å². The molecule has 20 heavy (non-hydrogen) atoms. The molecule has 0 atom stereocenters. The van der Waals surface area contributed by atoms with E-state index in [1.165, 1.54) is 11.3 Å². The lowest BCUT2D eigenvalue weighted by Crippen LogP contribution is -2.48. The molecule has 0 radical (unpaired) electrons. The third-order valence-electron chi connectivity index (χ3n) is 3.74. The summed E-state index contributed by atoms with van der Waals surface area (Å²) >= 11 is 0. The van der Waals surface area contributed by atoms with Crippen molar-refractivity contribution in [1.82, 2.24) is 4.90 Å². The van der Waals surface area contributed by atoms with Gasteiger partial charge in [0.2, 0.25) is 0 Å². The first-order valence-corrected chi connectivity index (χ1v) is 7.44. The molecule has 0 unspecified atom stereocenters. The van der Waals surface area contributed by atoms with Gasteiger partial charge in [0.05, 0.1) is 13.2 Å². The number of nitrogens with zero attached hydrogens (tertiary/aromatic N) is 2. The van der Waals surface area contributed by atoms with Crippen molar-refractivity contribution in [1.29, 1.82) is 0 Å². The number of carbonyl (C=O) groups excluding carboxylic acids is 1. The Labute approximate surface area is 121 Å². The Morgan fingerprint density at radius 2 is 1.75 bits per heavy atom. The normalized spacial score (nSPS) is 16.2. The van der Waals surface area contributed by atoms with Crippen LogP contribution in [-0.4, -0.2) is 50.2 Å². The minimum atomic E-state index is -0.117. The number of ether oxygens (including phenoxy) is 1. The number of hydrogen-bond donors (Lipinski definition) is 0. The monoisotopic (exact) mass is 276 g/mol. The van der Waals surface area contributed by atoms with E-state index in [0.717, 1.165) is 32.6 Å². The predicted molar refractivity (Wildman–Crippen MR) is 81.1 cm³/mol. The van der Waals surface area contributed by atoms with E-state index in [4.69, 9.17) is 4.74 Å². The number of rotatable bonds is 5. The van der Waals surface area contributed by atoms with Crippen LogP contribution in [0.5, 0.6) is 0 Å². The highest BCUT2D eigenvalue weighted by Gasteiger charge is 2.19. The molecule has 1 aliphatic rings. The quantitative estimate of drug-likeness (QED) is 0.769. The first-order chi connectivity index (χ1) is 9.72. The van der Waals surface area contributed by atoms with Gasteiger partial charge in [0, 0.05) is 31.9 Å². The first kappa shape index (κ1) is 14.9. The number of hydrogen-bond acceptors (Lipinski definition) is 4. The third kappa shape index (κ3) is 3.97. The molecule has 1 aromatic carbocycles. The highest BCUT2D eigenvalue weighted by molar-refractivity contribution is 5.71. The van der Waals surface area contributed by atoms with Crippen LogP contribution < -0.4 is 4.90 Å². The summed E-state index contributed by atoms with van der Waals surface area (Å²) in [7, 11) is 0. The summed E-state index contributed by atoms with van der Waals surface area (Å²) < 4.78 is 4.99. The van der Waals surface area contributed by atoms with Crippen LogP contribution >= 0.6 is 0 Å². The maximum Gasteiger partial charge on any atom is 0.320 e. The van der Waals surface area contributed by atoms with Crippen molar-refractivity contribution in [3.63, 3.8) is 0 Å². The van der Waals surface area contributed by atoms with Gasteiger partial charge in [-0.05, 0) is 31.0 Å². The molecule has 110 valence electrons. The molecule has 1 aliphatic heterocycles. The fourth-order valence-corrected chi connectivity index (χ4v) is 2.50. The molecule has 0 aliphatic carbocycles. The fraction of sp³-hybridized carbons (Fsp3) is 0.562. The molecule has 1 saturated heterocycles. The molecule has 4 heteroatoms. The standard InChI is InChI=1S/C16H24N2O2/c1-3-14-5-7-15(8-6-14)18-11-9-17(10-12-18)13-16(19)20-4-2/h5-8H,3-4,9-13H2,1-2H3. The summed E-state index contributed by atoms with van der Waals surface area (Å²) in [5, 5.41) is 0. The van der Waals surface area contributed by atoms with Crippen molar-refractivity contribution >= 4 is 11.7 Å². The number of piperazine rings is 1. The Balaban J connectivity index is 1.82. The molecule has 0 amide bonds. The zero-order chi connectivity index (χ0) is 14.4. The van der Waals surface area contributed by atoms with E-state index in [0.29, 0.717) is 13.2 Å². The van der Waals surface area contributed by atoms with Gasteiger partial charge in [-0.2, -0.15) is 0 Å². The summed E-state index contributed by atoms with van der Waals surface area (Å²) in [6.07, 6.45) is 1.08. The molecule has 2 rings (SSSR count). The Morgan fingerprint density at radius 3 is 2.30 bits per heavy atom. The Morgan fingerprint density at radius 1 is 1.10 bits per heavy atom. The van der Waals surface area contributed by atoms with Gasteiger partial charge in [0.1, 0.15) is 0 Å². The van der Waals surface area contributed by atoms with Crippen LogP contribution in [0.25, 0.3) is 0 Å². The lowest BCUT2D eigenvalue weighted by atomic mass is 10.1. The van der Waals surface area contributed by atoms with Gasteiger partial charge in [-0.15, -0.1) is 0 Å². The SMILES string of the molecule is CCOC(=O)CN1CCN(c2ccc(CC)cc2)CC1. The molecule has 4 nitrogen and oxygen atoms in total. The Kier molecular flexibility index (Phi) is 5.41. The molecule has 1 heterocycles. The zero-order valence-electron chi connectivity index (χ0n) is 12.5. The van der Waals surface area contributed by atoms with Crippen LogP contribution in [0.1, 0.15) is 19.4 Å². The largest absolute Gasteiger partial charge is 0.465 e. The van der Waals surface area contributed by atoms with Crippen molar-refractivity contribution in [2.24, 2.45) is 0 Å². The second kappa shape index (κ2) is 7.29. The molecule has 0 aromatic heterocycles. The molecule has 0 saturated carbocycles. The van der Waals surface area contributed by atoms with Gasteiger partial charge >= 0.3 is 5.97 Å². The summed E-state index contributed by atoms with van der Waals surface area (Å²) in [4.78, 5) is 16.0. The van der Waals surface area contributed by atoms with Gasteiger partial charge in [-0.25, -0.2) is 0 Å². The lowest BCUT2D eigenvalue weighted by Gasteiger charge is -2.35. The number of aryl methyl sites for hydroxylation is 1. The second-order valence-corrected chi connectivity index (χ2v) is 5.09. The van der Waals surface area contributed by atoms with Crippen LogP contribution in [0.4, 0.5) is 5.69 Å². The van der Waals surface area contributed by atoms with Gasteiger partial charge < -0.3 is 9.64 Å². The maximum absolute atomic E-state index is 11.5. The molecule has 0 N–H and O–H groups in total. The van der Waals surface area contributed by atoms with Gasteiger partial charge in [-0.3, -0.25) is 9.69 Å². The fourth-order valence-electron chi connectivity index (χ4n) is 2.50. The average Bonchev–Trinajstić information content (AvgIpc) is 2.48. The Hall–Kier alpha value is -1.55. The molecule has 0 spiro atoms. The first-order valence-electron chi connectivity index (χ1n) is 7.44. The minimum absolute atomic E-state index is 0.117. The minimum Gasteiger partial charge on any atom is -0.465 e. The lowest BCUT2D eigenvalue weighted by molar-refractivity contribution is -0.144. The predicted octanol–water partition coefficient (Wildman–Crippen LogP) is 1.93. The molecular weight excluding hydrogens is 252 g/mol. The van der Waals surface area contributed by atoms with Crippen molar-refractivity contribution in [2.75, 3.05) is 44.2 Å². The zero-order valence-corrected chi connectivity index (χ0v) is 12.5. The van der Waals surface area contributed by atoms with Crippen LogP contribution in [0.2, 0.25) is 0 Å². The van der Waals surface area contributed by atoms with E-state index >= 15 is 0 Å². The highest BCUT2D eigenvalue weighted by atomic mass is 16.5. The molecule has 0 bridgehead atoms. The van der Waals surface area contributed by atoms with Gasteiger partial charge in [0.25, 0.3) is 0 Å². The molecule has 1 aromatic rings. The maximum atomic E-state index is 11.5. The summed E-state index contributed by atoms with van der Waals surface area (Å²) in [6, 6.07) is 8.78. The van der Waals surface area contributed by atoms with Crippen LogP contribution in [-0.2, 0) is 16.0 Å². The van der Waals surface area contributed by atoms with Crippen molar-refractivity contribution in [2.45, 2.75) is 20.3 Å². The van der Waals surface area contributed by atoms with E-state index < -0.39 is 0 Å². The summed E-state index contributed by atoms with van der Waals surface area (Å²) in [5.41, 5.74) is 2.65. The Bertz CT molecular complexity index is 423. The van der Waals surface area contributed by atoms with Gasteiger partial charge in [-0.1, -0.05) is 19.1 Å². The van der Waals surface area contributed by atoms with Crippen LogP contribution in [0, 0.1) is 0 Å². The number of anilines is 1. The molecular formula is C16H24N2O2. The molecule has 1 fully saturated rings. The highest BCUT2D eigenvalue weighted by Crippen LogP contribution is 2.17. The van der Waals surface area contributed by atoms with E-state index in [1.54, 1.807) is 0 Å². The van der Waals surface area contributed by atoms with Crippen molar-refractivity contribution < 1.29 is 9.53 Å². The van der Waals surface area contributed by atoms with E-state index in [2.05, 4.69) is 41.0 Å². The topological polar surface area (TPSA) is 32.8 Å². The second-order valence-electron chi connectivity index (χ2n) is 5.09. The van der Waals surface area contributed by atoms with Crippen molar-refractivity contribution in [3.8, 4) is 0 Å². The summed E-state index contributed by atoms with van der Waals surface area (Å²) in [5.74, 6) is -0.117. The van der Waals surface area contributed by atoms with Crippen molar-refractivity contribution in [3.05, 3.63) is 29.8 Å². The summed E-state index contributed by atoms with van der Waals surface area (Å²) in [6.45, 7) is 8.64. The van der Waals surface area contributed by atoms with E-state index in [-0.39, 0.29) is 5.97 Å².